The van der Waals surface area contributed by atoms with Crippen LogP contribution in [0.15, 0.2) is 65.0 Å². The molecule has 0 saturated heterocycles. The third kappa shape index (κ3) is 6.32. The van der Waals surface area contributed by atoms with Crippen molar-refractivity contribution in [1.82, 2.24) is 8.87 Å². The Bertz CT molecular complexity index is 1350. The highest BCUT2D eigenvalue weighted by atomic mass is 32.2. The number of ether oxygens (including phenoxy) is 1. The zero-order valence-corrected chi connectivity index (χ0v) is 22.9. The van der Waals surface area contributed by atoms with Gasteiger partial charge in [-0.1, -0.05) is 50.2 Å². The van der Waals surface area contributed by atoms with Gasteiger partial charge in [0.15, 0.2) is 4.80 Å². The summed E-state index contributed by atoms with van der Waals surface area (Å²) in [7, 11) is -3.62. The molecule has 0 radical (unpaired) electrons. The molecule has 0 aliphatic rings. The molecule has 194 valence electrons. The van der Waals surface area contributed by atoms with E-state index in [0.717, 1.165) is 41.6 Å². The van der Waals surface area contributed by atoms with Crippen LogP contribution < -0.4 is 9.54 Å². The molecule has 2 aromatic carbocycles. The first-order valence-corrected chi connectivity index (χ1v) is 14.7. The van der Waals surface area contributed by atoms with Gasteiger partial charge in [0.1, 0.15) is 11.3 Å². The minimum absolute atomic E-state index is 0.191. The first kappa shape index (κ1) is 27.8. The van der Waals surface area contributed by atoms with Crippen molar-refractivity contribution in [1.29, 1.82) is 0 Å². The third-order valence-corrected chi connectivity index (χ3v) is 8.69. The van der Waals surface area contributed by atoms with Gasteiger partial charge in [0.05, 0.1) is 16.2 Å². The predicted octanol–water partition coefficient (Wildman–Crippen LogP) is 5.62. The van der Waals surface area contributed by atoms with Crippen molar-refractivity contribution in [2.45, 2.75) is 57.9 Å². The van der Waals surface area contributed by atoms with Crippen molar-refractivity contribution in [3.05, 3.63) is 65.5 Å². The van der Waals surface area contributed by atoms with Crippen LogP contribution in [0, 0.1) is 0 Å². The van der Waals surface area contributed by atoms with Gasteiger partial charge in [-0.15, -0.1) is 6.58 Å². The number of sulfonamides is 1. The summed E-state index contributed by atoms with van der Waals surface area (Å²) in [5.74, 6) is 0.294. The molecule has 0 fully saturated rings. The van der Waals surface area contributed by atoms with Crippen LogP contribution in [0.25, 0.3) is 10.2 Å². The van der Waals surface area contributed by atoms with E-state index in [1.165, 1.54) is 35.6 Å². The standard InChI is InChI=1S/C27H35N3O4S2/c1-5-9-19-29(20-10-6-2)36(32,33)22-16-14-21(15-17-22)26(31)28-27-30(18-7-3)25-23(34-8-4)12-11-13-24(25)35-27/h7,11-17H,3,5-6,8-10,18-20H2,1-2,4H3. The van der Waals surface area contributed by atoms with Crippen molar-refractivity contribution in [2.24, 2.45) is 4.99 Å². The summed E-state index contributed by atoms with van der Waals surface area (Å²) in [5.41, 5.74) is 1.20. The number of para-hydroxylation sites is 1. The summed E-state index contributed by atoms with van der Waals surface area (Å²) in [6.07, 6.45) is 5.21. The molecule has 0 N–H and O–H groups in total. The van der Waals surface area contributed by atoms with E-state index in [1.807, 2.05) is 43.5 Å². The molecule has 1 heterocycles. The summed E-state index contributed by atoms with van der Waals surface area (Å²) < 4.78 is 36.6. The van der Waals surface area contributed by atoms with Gasteiger partial charge < -0.3 is 9.30 Å². The number of hydrogen-bond acceptors (Lipinski definition) is 5. The SMILES string of the molecule is C=CCn1c(=NC(=O)c2ccc(S(=O)(=O)N(CCCC)CCCC)cc2)sc2cccc(OCC)c21. The van der Waals surface area contributed by atoms with E-state index in [4.69, 9.17) is 4.74 Å². The number of hydrogen-bond donors (Lipinski definition) is 0. The van der Waals surface area contributed by atoms with Crippen molar-refractivity contribution < 1.29 is 17.9 Å². The molecule has 9 heteroatoms. The zero-order chi connectivity index (χ0) is 26.1. The molecule has 0 unspecified atom stereocenters. The molecule has 0 bridgehead atoms. The highest BCUT2D eigenvalue weighted by Gasteiger charge is 2.24. The quantitative estimate of drug-likeness (QED) is 0.269. The Kier molecular flexibility index (Phi) is 10.0. The van der Waals surface area contributed by atoms with Crippen LogP contribution in [0.2, 0.25) is 0 Å². The molecule has 1 amide bonds. The van der Waals surface area contributed by atoms with E-state index >= 15 is 0 Å². The van der Waals surface area contributed by atoms with Gasteiger partial charge in [0.25, 0.3) is 5.91 Å². The number of aromatic nitrogens is 1. The van der Waals surface area contributed by atoms with E-state index < -0.39 is 15.9 Å². The number of benzene rings is 2. The van der Waals surface area contributed by atoms with Gasteiger partial charge in [-0.05, 0) is 56.2 Å². The Balaban J connectivity index is 1.94. The second-order valence-electron chi connectivity index (χ2n) is 8.37. The molecule has 3 rings (SSSR count). The smallest absolute Gasteiger partial charge is 0.279 e. The molecule has 3 aromatic rings. The van der Waals surface area contributed by atoms with Crippen LogP contribution in [0.4, 0.5) is 0 Å². The Morgan fingerprint density at radius 1 is 1.08 bits per heavy atom. The lowest BCUT2D eigenvalue weighted by Gasteiger charge is -2.22. The van der Waals surface area contributed by atoms with Crippen LogP contribution in [-0.4, -0.2) is 42.9 Å². The van der Waals surface area contributed by atoms with Gasteiger partial charge in [0, 0.05) is 25.2 Å². The van der Waals surface area contributed by atoms with E-state index in [9.17, 15) is 13.2 Å². The minimum atomic E-state index is -3.62. The average molecular weight is 530 g/mol. The van der Waals surface area contributed by atoms with Crippen molar-refractivity contribution in [3.8, 4) is 5.75 Å². The maximum absolute atomic E-state index is 13.2. The van der Waals surface area contributed by atoms with Gasteiger partial charge in [-0.3, -0.25) is 4.79 Å². The van der Waals surface area contributed by atoms with E-state index in [-0.39, 0.29) is 4.90 Å². The number of thiazole rings is 1. The maximum Gasteiger partial charge on any atom is 0.279 e. The second-order valence-corrected chi connectivity index (χ2v) is 11.3. The van der Waals surface area contributed by atoms with Crippen LogP contribution in [-0.2, 0) is 16.6 Å². The second kappa shape index (κ2) is 13.0. The molecule has 0 atom stereocenters. The van der Waals surface area contributed by atoms with Gasteiger partial charge in [-0.2, -0.15) is 9.30 Å². The summed E-state index contributed by atoms with van der Waals surface area (Å²) in [4.78, 5) is 18.1. The number of nitrogens with zero attached hydrogens (tertiary/aromatic N) is 3. The van der Waals surface area contributed by atoms with Crippen LogP contribution in [0.3, 0.4) is 0 Å². The Hall–Kier alpha value is -2.75. The van der Waals surface area contributed by atoms with Gasteiger partial charge in [0.2, 0.25) is 10.0 Å². The Morgan fingerprint density at radius 3 is 2.33 bits per heavy atom. The molecule has 0 saturated carbocycles. The van der Waals surface area contributed by atoms with Crippen LogP contribution in [0.5, 0.6) is 5.75 Å². The molecular weight excluding hydrogens is 494 g/mol. The topological polar surface area (TPSA) is 81.0 Å². The summed E-state index contributed by atoms with van der Waals surface area (Å²) in [6, 6.07) is 11.8. The number of carbonyl (C=O) groups excluding carboxylic acids is 1. The lowest BCUT2D eigenvalue weighted by molar-refractivity contribution is 0.0997. The lowest BCUT2D eigenvalue weighted by Crippen LogP contribution is -2.33. The Labute approximate surface area is 217 Å². The van der Waals surface area contributed by atoms with Gasteiger partial charge in [-0.25, -0.2) is 8.42 Å². The molecule has 1 aromatic heterocycles. The molecule has 7 nitrogen and oxygen atoms in total. The number of carbonyl (C=O) groups is 1. The van der Waals surface area contributed by atoms with Crippen molar-refractivity contribution in [2.75, 3.05) is 19.7 Å². The zero-order valence-electron chi connectivity index (χ0n) is 21.3. The van der Waals surface area contributed by atoms with E-state index in [0.29, 0.717) is 36.6 Å². The maximum atomic E-state index is 13.2. The molecular formula is C27H35N3O4S2. The molecule has 0 spiro atoms. The van der Waals surface area contributed by atoms with Gasteiger partial charge >= 0.3 is 0 Å². The monoisotopic (exact) mass is 529 g/mol. The highest BCUT2D eigenvalue weighted by molar-refractivity contribution is 7.89. The Morgan fingerprint density at radius 2 is 1.75 bits per heavy atom. The minimum Gasteiger partial charge on any atom is -0.492 e. The van der Waals surface area contributed by atoms with Crippen molar-refractivity contribution >= 4 is 37.5 Å². The number of unbranched alkanes of at least 4 members (excludes halogenated alkanes) is 2. The number of fused-ring (bicyclic) bond motifs is 1. The largest absolute Gasteiger partial charge is 0.492 e. The molecule has 0 aliphatic carbocycles. The number of amides is 1. The molecule has 0 aliphatic heterocycles. The predicted molar refractivity (Wildman–Crippen MR) is 146 cm³/mol. The molecule has 36 heavy (non-hydrogen) atoms. The van der Waals surface area contributed by atoms with E-state index in [2.05, 4.69) is 11.6 Å². The summed E-state index contributed by atoms with van der Waals surface area (Å²) in [5, 5.41) is 0. The first-order chi connectivity index (χ1) is 17.4. The third-order valence-electron chi connectivity index (χ3n) is 5.73. The fraction of sp³-hybridized carbons (Fsp3) is 0.407. The first-order valence-electron chi connectivity index (χ1n) is 12.4. The lowest BCUT2D eigenvalue weighted by atomic mass is 10.2. The summed E-state index contributed by atoms with van der Waals surface area (Å²) >= 11 is 1.40. The number of allylic oxidation sites excluding steroid dienone is 1. The summed E-state index contributed by atoms with van der Waals surface area (Å²) in [6.45, 7) is 11.8. The van der Waals surface area contributed by atoms with Crippen LogP contribution in [0.1, 0.15) is 56.8 Å². The fourth-order valence-corrected chi connectivity index (χ4v) is 6.42. The number of rotatable bonds is 13. The fourth-order valence-electron chi connectivity index (χ4n) is 3.84. The highest BCUT2D eigenvalue weighted by Crippen LogP contribution is 2.28. The van der Waals surface area contributed by atoms with Crippen molar-refractivity contribution in [3.63, 3.8) is 0 Å². The van der Waals surface area contributed by atoms with E-state index in [1.54, 1.807) is 10.4 Å². The normalized spacial score (nSPS) is 12.4. The average Bonchev–Trinajstić information content (AvgIpc) is 3.22. The van der Waals surface area contributed by atoms with Crippen LogP contribution >= 0.6 is 11.3 Å².